The maximum absolute atomic E-state index is 13.0. The molecule has 0 unspecified atom stereocenters. The first-order valence-corrected chi connectivity index (χ1v) is 12.2. The topological polar surface area (TPSA) is 93.2 Å². The fourth-order valence-electron chi connectivity index (χ4n) is 3.37. The molecular weight excluding hydrogens is 436 g/mol. The van der Waals surface area contributed by atoms with Gasteiger partial charge in [-0.25, -0.2) is 18.4 Å². The summed E-state index contributed by atoms with van der Waals surface area (Å²) in [5.74, 6) is 1.48. The van der Waals surface area contributed by atoms with E-state index in [1.807, 2.05) is 30.3 Å². The van der Waals surface area contributed by atoms with Crippen LogP contribution in [0.15, 0.2) is 77.7 Å². The Balaban J connectivity index is 1.70. The lowest BCUT2D eigenvalue weighted by molar-refractivity contribution is 0.414. The Labute approximate surface area is 193 Å². The third kappa shape index (κ3) is 5.06. The van der Waals surface area contributed by atoms with E-state index in [9.17, 15) is 8.42 Å². The Morgan fingerprint density at radius 2 is 1.48 bits per heavy atom. The predicted molar refractivity (Wildman–Crippen MR) is 132 cm³/mol. The van der Waals surface area contributed by atoms with E-state index in [1.54, 1.807) is 18.2 Å². The second-order valence-electron chi connectivity index (χ2n) is 7.75. The number of hydrogen-bond donors (Lipinski definition) is 2. The summed E-state index contributed by atoms with van der Waals surface area (Å²) in [5, 5.41) is 3.22. The Morgan fingerprint density at radius 3 is 2.06 bits per heavy atom. The zero-order valence-electron chi connectivity index (χ0n) is 18.7. The molecule has 0 radical (unpaired) electrons. The van der Waals surface area contributed by atoms with E-state index in [1.165, 1.54) is 24.8 Å². The summed E-state index contributed by atoms with van der Waals surface area (Å²) in [6.07, 6.45) is 1.06. The zero-order valence-corrected chi connectivity index (χ0v) is 19.6. The minimum atomic E-state index is -3.89. The molecule has 1 aromatic heterocycles. The second-order valence-corrected chi connectivity index (χ2v) is 9.43. The summed E-state index contributed by atoms with van der Waals surface area (Å²) in [7, 11) is -2.36. The molecular formula is C25H26N4O3S. The number of aromatic nitrogens is 2. The normalized spacial score (nSPS) is 12.3. The second kappa shape index (κ2) is 9.46. The van der Waals surface area contributed by atoms with Gasteiger partial charge in [-0.2, -0.15) is 0 Å². The van der Waals surface area contributed by atoms with Crippen molar-refractivity contribution in [1.82, 2.24) is 9.97 Å². The Hall–Kier alpha value is -3.65. The number of para-hydroxylation sites is 2. The summed E-state index contributed by atoms with van der Waals surface area (Å²) in [5.41, 5.74) is 3.27. The van der Waals surface area contributed by atoms with E-state index in [-0.39, 0.29) is 10.7 Å². The number of nitrogens with zero attached hydrogens (tertiary/aromatic N) is 2. The van der Waals surface area contributed by atoms with Crippen LogP contribution < -0.4 is 14.8 Å². The first kappa shape index (κ1) is 22.5. The number of ether oxygens (including phenoxy) is 1. The average Bonchev–Trinajstić information content (AvgIpc) is 2.84. The van der Waals surface area contributed by atoms with Gasteiger partial charge in [0, 0.05) is 5.69 Å². The lowest BCUT2D eigenvalue weighted by Crippen LogP contribution is -2.16. The molecule has 8 heteroatoms. The minimum absolute atomic E-state index is 0.0992. The highest BCUT2D eigenvalue weighted by atomic mass is 32.2. The van der Waals surface area contributed by atoms with Gasteiger partial charge >= 0.3 is 0 Å². The van der Waals surface area contributed by atoms with Gasteiger partial charge in [-0.05, 0) is 66.4 Å². The van der Waals surface area contributed by atoms with Crippen molar-refractivity contribution in [3.8, 4) is 5.75 Å². The van der Waals surface area contributed by atoms with Crippen molar-refractivity contribution in [3.63, 3.8) is 0 Å². The molecule has 0 spiro atoms. The monoisotopic (exact) mass is 462 g/mol. The number of methoxy groups -OCH3 is 1. The number of fused-ring (bicyclic) bond motifs is 1. The van der Waals surface area contributed by atoms with E-state index < -0.39 is 10.0 Å². The van der Waals surface area contributed by atoms with Crippen molar-refractivity contribution in [2.45, 2.75) is 31.1 Å². The molecule has 0 bridgehead atoms. The number of rotatable bonds is 8. The molecule has 4 aromatic rings. The SMILES string of the molecule is CC[C@H](C)c1ccc(Nc2nc3ccccc3nc2NS(=O)(=O)c2ccc(OC)cc2)cc1. The van der Waals surface area contributed by atoms with Crippen LogP contribution in [0.2, 0.25) is 0 Å². The highest BCUT2D eigenvalue weighted by Crippen LogP contribution is 2.28. The van der Waals surface area contributed by atoms with Gasteiger partial charge in [0.15, 0.2) is 11.6 Å². The highest BCUT2D eigenvalue weighted by molar-refractivity contribution is 7.92. The number of anilines is 3. The van der Waals surface area contributed by atoms with Crippen LogP contribution in [0.4, 0.5) is 17.3 Å². The van der Waals surface area contributed by atoms with Crippen LogP contribution in [0.3, 0.4) is 0 Å². The maximum atomic E-state index is 13.0. The van der Waals surface area contributed by atoms with Crippen LogP contribution in [0.1, 0.15) is 31.7 Å². The molecule has 170 valence electrons. The van der Waals surface area contributed by atoms with Crippen LogP contribution in [0.5, 0.6) is 5.75 Å². The van der Waals surface area contributed by atoms with Gasteiger partial charge in [0.05, 0.1) is 23.0 Å². The van der Waals surface area contributed by atoms with Gasteiger partial charge in [0.2, 0.25) is 0 Å². The van der Waals surface area contributed by atoms with E-state index in [4.69, 9.17) is 4.74 Å². The fourth-order valence-corrected chi connectivity index (χ4v) is 4.38. The smallest absolute Gasteiger partial charge is 0.263 e. The average molecular weight is 463 g/mol. The quantitative estimate of drug-likeness (QED) is 0.349. The summed E-state index contributed by atoms with van der Waals surface area (Å²) in [6, 6.07) is 21.5. The van der Waals surface area contributed by atoms with E-state index in [0.717, 1.165) is 12.1 Å². The van der Waals surface area contributed by atoms with E-state index in [2.05, 4.69) is 46.0 Å². The van der Waals surface area contributed by atoms with Crippen LogP contribution in [-0.4, -0.2) is 25.5 Å². The van der Waals surface area contributed by atoms with Crippen LogP contribution in [-0.2, 0) is 10.0 Å². The maximum Gasteiger partial charge on any atom is 0.263 e. The summed E-state index contributed by atoms with van der Waals surface area (Å²) >= 11 is 0. The molecule has 3 aromatic carbocycles. The van der Waals surface area contributed by atoms with Crippen molar-refractivity contribution >= 4 is 38.4 Å². The first-order chi connectivity index (χ1) is 15.9. The molecule has 0 aliphatic heterocycles. The molecule has 1 atom stereocenters. The van der Waals surface area contributed by atoms with Crippen molar-refractivity contribution in [2.75, 3.05) is 17.1 Å². The number of benzene rings is 3. The summed E-state index contributed by atoms with van der Waals surface area (Å²) in [6.45, 7) is 4.34. The summed E-state index contributed by atoms with van der Waals surface area (Å²) in [4.78, 5) is 9.26. The minimum Gasteiger partial charge on any atom is -0.497 e. The molecule has 33 heavy (non-hydrogen) atoms. The largest absolute Gasteiger partial charge is 0.497 e. The van der Waals surface area contributed by atoms with Crippen molar-refractivity contribution in [3.05, 3.63) is 78.4 Å². The predicted octanol–water partition coefficient (Wildman–Crippen LogP) is 5.70. The Morgan fingerprint density at radius 1 is 0.879 bits per heavy atom. The molecule has 7 nitrogen and oxygen atoms in total. The lowest BCUT2D eigenvalue weighted by Gasteiger charge is -2.15. The molecule has 0 aliphatic carbocycles. The molecule has 0 saturated carbocycles. The summed E-state index contributed by atoms with van der Waals surface area (Å²) < 4.78 is 33.8. The number of sulfonamides is 1. The zero-order chi connectivity index (χ0) is 23.4. The number of hydrogen-bond acceptors (Lipinski definition) is 6. The standard InChI is InChI=1S/C25H26N4O3S/c1-4-17(2)18-9-11-19(12-10-18)26-24-25(28-23-8-6-5-7-22(23)27-24)29-33(30,31)21-15-13-20(32-3)14-16-21/h5-17H,4H2,1-3H3,(H,26,27)(H,28,29)/t17-/m0/s1. The van der Waals surface area contributed by atoms with Crippen LogP contribution >= 0.6 is 0 Å². The third-order valence-corrected chi connectivity index (χ3v) is 6.88. The Kier molecular flexibility index (Phi) is 6.46. The Bertz CT molecular complexity index is 1360. The third-order valence-electron chi connectivity index (χ3n) is 5.53. The van der Waals surface area contributed by atoms with Crippen molar-refractivity contribution < 1.29 is 13.2 Å². The van der Waals surface area contributed by atoms with Crippen molar-refractivity contribution in [2.24, 2.45) is 0 Å². The van der Waals surface area contributed by atoms with Gasteiger partial charge in [0.25, 0.3) is 10.0 Å². The van der Waals surface area contributed by atoms with E-state index in [0.29, 0.717) is 28.5 Å². The van der Waals surface area contributed by atoms with Crippen LogP contribution in [0, 0.1) is 0 Å². The molecule has 1 heterocycles. The van der Waals surface area contributed by atoms with Crippen LogP contribution in [0.25, 0.3) is 11.0 Å². The van der Waals surface area contributed by atoms with Crippen molar-refractivity contribution in [1.29, 1.82) is 0 Å². The molecule has 4 rings (SSSR count). The number of nitrogens with one attached hydrogen (secondary N) is 2. The fraction of sp³-hybridized carbons (Fsp3) is 0.200. The highest BCUT2D eigenvalue weighted by Gasteiger charge is 2.19. The molecule has 2 N–H and O–H groups in total. The van der Waals surface area contributed by atoms with Gasteiger partial charge < -0.3 is 10.1 Å². The molecule has 0 saturated heterocycles. The first-order valence-electron chi connectivity index (χ1n) is 10.7. The van der Waals surface area contributed by atoms with E-state index >= 15 is 0 Å². The van der Waals surface area contributed by atoms with Gasteiger partial charge in [0.1, 0.15) is 5.75 Å². The van der Waals surface area contributed by atoms with Gasteiger partial charge in [-0.3, -0.25) is 4.72 Å². The molecule has 0 aliphatic rings. The lowest BCUT2D eigenvalue weighted by atomic mass is 9.99. The van der Waals surface area contributed by atoms with Gasteiger partial charge in [-0.15, -0.1) is 0 Å². The van der Waals surface area contributed by atoms with Gasteiger partial charge in [-0.1, -0.05) is 38.1 Å². The molecule has 0 fully saturated rings. The molecule has 0 amide bonds.